The van der Waals surface area contributed by atoms with Gasteiger partial charge in [0.2, 0.25) is 0 Å². The van der Waals surface area contributed by atoms with Crippen molar-refractivity contribution in [3.8, 4) is 5.75 Å². The van der Waals surface area contributed by atoms with Crippen molar-refractivity contribution < 1.29 is 14.3 Å². The molecule has 0 N–H and O–H groups in total. The normalized spacial score (nSPS) is 10.1. The molecule has 0 spiro atoms. The van der Waals surface area contributed by atoms with E-state index in [1.807, 2.05) is 12.1 Å². The number of unbranched alkanes of at least 4 members (excludes halogenated alkanes) is 1. The Balaban J connectivity index is 2.90. The summed E-state index contributed by atoms with van der Waals surface area (Å²) in [7, 11) is 1.56. The van der Waals surface area contributed by atoms with Gasteiger partial charge in [-0.15, -0.1) is 0 Å². The van der Waals surface area contributed by atoms with Gasteiger partial charge >= 0.3 is 0 Å². The summed E-state index contributed by atoms with van der Waals surface area (Å²) in [5.41, 5.74) is 1.66. The molecule has 88 valence electrons. The second-order valence-electron chi connectivity index (χ2n) is 3.61. The number of aryl methyl sites for hydroxylation is 1. The highest BCUT2D eigenvalue weighted by Gasteiger charge is 2.08. The van der Waals surface area contributed by atoms with Crippen LogP contribution >= 0.6 is 0 Å². The van der Waals surface area contributed by atoms with E-state index in [0.29, 0.717) is 11.3 Å². The fourth-order valence-corrected chi connectivity index (χ4v) is 1.56. The summed E-state index contributed by atoms with van der Waals surface area (Å²) in [5.74, 6) is 0.660. The van der Waals surface area contributed by atoms with E-state index in [9.17, 15) is 4.79 Å². The van der Waals surface area contributed by atoms with Crippen LogP contribution in [0.4, 0.5) is 0 Å². The molecule has 0 heterocycles. The van der Waals surface area contributed by atoms with E-state index in [4.69, 9.17) is 9.47 Å². The van der Waals surface area contributed by atoms with Gasteiger partial charge < -0.3 is 9.47 Å². The summed E-state index contributed by atoms with van der Waals surface area (Å²) in [6.07, 6.45) is 3.96. The molecule has 0 amide bonds. The summed E-state index contributed by atoms with van der Waals surface area (Å²) in [5, 5.41) is 0. The lowest BCUT2D eigenvalue weighted by Gasteiger charge is -2.12. The van der Waals surface area contributed by atoms with Crippen LogP contribution < -0.4 is 4.74 Å². The van der Waals surface area contributed by atoms with Gasteiger partial charge in [0.1, 0.15) is 5.75 Å². The zero-order valence-corrected chi connectivity index (χ0v) is 9.86. The standard InChI is InChI=1S/C13H18O3/c1-3-4-6-11-7-5-8-12(9-14)13(11)16-10-15-2/h5,7-9H,3-4,6,10H2,1-2H3. The third-order valence-electron chi connectivity index (χ3n) is 2.37. The molecule has 0 unspecified atom stereocenters. The Bertz CT molecular complexity index is 334. The molecule has 0 aliphatic rings. The van der Waals surface area contributed by atoms with Gasteiger partial charge in [-0.25, -0.2) is 0 Å². The van der Waals surface area contributed by atoms with Gasteiger partial charge in [-0.1, -0.05) is 25.5 Å². The average molecular weight is 222 g/mol. The number of ether oxygens (including phenoxy) is 2. The smallest absolute Gasteiger partial charge is 0.188 e. The van der Waals surface area contributed by atoms with Crippen LogP contribution in [0.15, 0.2) is 18.2 Å². The van der Waals surface area contributed by atoms with Crippen LogP contribution in [-0.4, -0.2) is 20.2 Å². The maximum Gasteiger partial charge on any atom is 0.188 e. The summed E-state index contributed by atoms with van der Waals surface area (Å²) < 4.78 is 10.3. The largest absolute Gasteiger partial charge is 0.467 e. The number of carbonyl (C=O) groups excluding carboxylic acids is 1. The maximum absolute atomic E-state index is 10.9. The molecule has 0 fully saturated rings. The number of aldehydes is 1. The van der Waals surface area contributed by atoms with Gasteiger partial charge in [0.25, 0.3) is 0 Å². The van der Waals surface area contributed by atoms with Crippen molar-refractivity contribution in [3.63, 3.8) is 0 Å². The van der Waals surface area contributed by atoms with Crippen molar-refractivity contribution in [1.29, 1.82) is 0 Å². The number of hydrogen-bond acceptors (Lipinski definition) is 3. The van der Waals surface area contributed by atoms with E-state index in [0.717, 1.165) is 31.1 Å². The lowest BCUT2D eigenvalue weighted by Crippen LogP contribution is -2.04. The summed E-state index contributed by atoms with van der Waals surface area (Å²) in [6, 6.07) is 5.63. The van der Waals surface area contributed by atoms with Crippen molar-refractivity contribution >= 4 is 6.29 Å². The van der Waals surface area contributed by atoms with Gasteiger partial charge in [-0.3, -0.25) is 4.79 Å². The third kappa shape index (κ3) is 3.35. The Morgan fingerprint density at radius 2 is 2.19 bits per heavy atom. The molecule has 3 heteroatoms. The first-order valence-corrected chi connectivity index (χ1v) is 5.52. The van der Waals surface area contributed by atoms with Crippen LogP contribution in [0.1, 0.15) is 35.7 Å². The Kier molecular flexibility index (Phi) is 5.57. The van der Waals surface area contributed by atoms with Crippen LogP contribution in [-0.2, 0) is 11.2 Å². The lowest BCUT2D eigenvalue weighted by atomic mass is 10.0. The number of hydrogen-bond donors (Lipinski definition) is 0. The Morgan fingerprint density at radius 3 is 2.81 bits per heavy atom. The van der Waals surface area contributed by atoms with E-state index in [1.54, 1.807) is 13.2 Å². The van der Waals surface area contributed by atoms with Gasteiger partial charge in [-0.05, 0) is 24.5 Å². The Labute approximate surface area is 96.4 Å². The molecule has 1 aromatic carbocycles. The zero-order valence-electron chi connectivity index (χ0n) is 9.86. The first-order chi connectivity index (χ1) is 7.83. The summed E-state index contributed by atoms with van der Waals surface area (Å²) in [6.45, 7) is 2.31. The van der Waals surface area contributed by atoms with Crippen molar-refractivity contribution in [2.45, 2.75) is 26.2 Å². The predicted molar refractivity (Wildman–Crippen MR) is 62.9 cm³/mol. The molecule has 16 heavy (non-hydrogen) atoms. The third-order valence-corrected chi connectivity index (χ3v) is 2.37. The van der Waals surface area contributed by atoms with Crippen molar-refractivity contribution in [2.75, 3.05) is 13.9 Å². The monoisotopic (exact) mass is 222 g/mol. The number of rotatable bonds is 7. The van der Waals surface area contributed by atoms with Gasteiger partial charge in [0.15, 0.2) is 13.1 Å². The van der Waals surface area contributed by atoms with Crippen LogP contribution in [0.2, 0.25) is 0 Å². The molecule has 0 saturated heterocycles. The lowest BCUT2D eigenvalue weighted by molar-refractivity contribution is 0.0498. The topological polar surface area (TPSA) is 35.5 Å². The van der Waals surface area contributed by atoms with Crippen molar-refractivity contribution in [2.24, 2.45) is 0 Å². The zero-order chi connectivity index (χ0) is 11.8. The SMILES string of the molecule is CCCCc1cccc(C=O)c1OCOC. The molecule has 0 aliphatic carbocycles. The van der Waals surface area contributed by atoms with E-state index in [2.05, 4.69) is 6.92 Å². The van der Waals surface area contributed by atoms with E-state index >= 15 is 0 Å². The summed E-state index contributed by atoms with van der Waals surface area (Å²) >= 11 is 0. The number of para-hydroxylation sites is 1. The summed E-state index contributed by atoms with van der Waals surface area (Å²) in [4.78, 5) is 10.9. The Hall–Kier alpha value is -1.35. The minimum atomic E-state index is 0.171. The van der Waals surface area contributed by atoms with Crippen LogP contribution in [0, 0.1) is 0 Å². The van der Waals surface area contributed by atoms with Crippen molar-refractivity contribution in [3.05, 3.63) is 29.3 Å². The first kappa shape index (κ1) is 12.7. The molecule has 0 atom stereocenters. The number of methoxy groups -OCH3 is 1. The van der Waals surface area contributed by atoms with Crippen LogP contribution in [0.5, 0.6) is 5.75 Å². The quantitative estimate of drug-likeness (QED) is 0.525. The molecule has 0 bridgehead atoms. The van der Waals surface area contributed by atoms with Gasteiger partial charge in [0, 0.05) is 7.11 Å². The highest BCUT2D eigenvalue weighted by Crippen LogP contribution is 2.24. The number of benzene rings is 1. The minimum Gasteiger partial charge on any atom is -0.467 e. The second kappa shape index (κ2) is 7.01. The highest BCUT2D eigenvalue weighted by atomic mass is 16.7. The fraction of sp³-hybridized carbons (Fsp3) is 0.462. The second-order valence-corrected chi connectivity index (χ2v) is 3.61. The minimum absolute atomic E-state index is 0.171. The number of carbonyl (C=O) groups is 1. The van der Waals surface area contributed by atoms with Gasteiger partial charge in [0.05, 0.1) is 5.56 Å². The molecular weight excluding hydrogens is 204 g/mol. The maximum atomic E-state index is 10.9. The molecule has 0 aromatic heterocycles. The van der Waals surface area contributed by atoms with E-state index in [1.165, 1.54) is 0 Å². The molecule has 0 radical (unpaired) electrons. The Morgan fingerprint density at radius 1 is 1.38 bits per heavy atom. The molecule has 0 aliphatic heterocycles. The van der Waals surface area contributed by atoms with Gasteiger partial charge in [-0.2, -0.15) is 0 Å². The highest BCUT2D eigenvalue weighted by molar-refractivity contribution is 5.80. The fourth-order valence-electron chi connectivity index (χ4n) is 1.56. The predicted octanol–water partition coefficient (Wildman–Crippen LogP) is 2.82. The molecular formula is C13H18O3. The molecule has 0 saturated carbocycles. The molecule has 1 aromatic rings. The molecule has 3 nitrogen and oxygen atoms in total. The van der Waals surface area contributed by atoms with Crippen LogP contribution in [0.3, 0.4) is 0 Å². The average Bonchev–Trinajstić information content (AvgIpc) is 2.33. The van der Waals surface area contributed by atoms with Crippen LogP contribution in [0.25, 0.3) is 0 Å². The molecule has 1 rings (SSSR count). The van der Waals surface area contributed by atoms with Crippen molar-refractivity contribution in [1.82, 2.24) is 0 Å². The van der Waals surface area contributed by atoms with E-state index in [-0.39, 0.29) is 6.79 Å². The first-order valence-electron chi connectivity index (χ1n) is 5.52. The van der Waals surface area contributed by atoms with E-state index < -0.39 is 0 Å².